The third-order valence-corrected chi connectivity index (χ3v) is 13.4. The highest BCUT2D eigenvalue weighted by Gasteiger charge is 2.27. The van der Waals surface area contributed by atoms with E-state index in [0.29, 0.717) is 94.1 Å². The van der Waals surface area contributed by atoms with E-state index in [9.17, 15) is 10.1 Å². The van der Waals surface area contributed by atoms with Gasteiger partial charge in [0.1, 0.15) is 23.0 Å². The van der Waals surface area contributed by atoms with Gasteiger partial charge in [-0.3, -0.25) is 4.79 Å². The van der Waals surface area contributed by atoms with Gasteiger partial charge < -0.3 is 18.9 Å². The molecule has 0 atom stereocenters. The third-order valence-electron chi connectivity index (χ3n) is 13.4. The van der Waals surface area contributed by atoms with E-state index in [2.05, 4.69) is 86.0 Å². The summed E-state index contributed by atoms with van der Waals surface area (Å²) in [7, 11) is 0. The Labute approximate surface area is 464 Å². The fourth-order valence-electron chi connectivity index (χ4n) is 8.87. The first-order chi connectivity index (χ1) is 38.3. The average Bonchev–Trinajstić information content (AvgIpc) is 3.79. The summed E-state index contributed by atoms with van der Waals surface area (Å²) in [5.74, 6) is 29.4. The van der Waals surface area contributed by atoms with Crippen LogP contribution in [0.4, 0.5) is 5.69 Å². The lowest BCUT2D eigenvalue weighted by atomic mass is 10.0. The van der Waals surface area contributed by atoms with Crippen LogP contribution in [-0.4, -0.2) is 32.2 Å². The summed E-state index contributed by atoms with van der Waals surface area (Å²) >= 11 is 0. The summed E-state index contributed by atoms with van der Waals surface area (Å²) in [6, 6.07) is 36.0. The molecule has 7 rings (SSSR count). The van der Waals surface area contributed by atoms with E-state index in [1.807, 2.05) is 84.9 Å². The van der Waals surface area contributed by atoms with Crippen LogP contribution in [0.25, 0.3) is 16.0 Å². The Hall–Kier alpha value is -8.59. The van der Waals surface area contributed by atoms with Crippen LogP contribution in [0.15, 0.2) is 109 Å². The molecule has 6 aromatic carbocycles. The molecule has 0 spiro atoms. The van der Waals surface area contributed by atoms with Gasteiger partial charge in [0.25, 0.3) is 0 Å². The molecular formula is C71H70N2O5. The van der Waals surface area contributed by atoms with Crippen LogP contribution in [-0.2, 0) is 0 Å². The van der Waals surface area contributed by atoms with Crippen molar-refractivity contribution in [2.45, 2.75) is 130 Å². The number of nitrogens with zero attached hydrogens (tertiary/aromatic N) is 2. The van der Waals surface area contributed by atoms with E-state index in [4.69, 9.17) is 25.5 Å². The molecule has 0 saturated heterocycles. The van der Waals surface area contributed by atoms with Gasteiger partial charge in [-0.15, -0.1) is 0 Å². The highest BCUT2D eigenvalue weighted by atomic mass is 16.5. The Bertz CT molecular complexity index is 3140. The number of hydrogen-bond donors (Lipinski definition) is 0. The Balaban J connectivity index is 1.22. The van der Waals surface area contributed by atoms with Crippen molar-refractivity contribution >= 4 is 11.5 Å². The van der Waals surface area contributed by atoms with E-state index in [0.717, 1.165) is 136 Å². The smallest absolute Gasteiger partial charge is 0.194 e. The Morgan fingerprint density at radius 1 is 0.372 bits per heavy atom. The van der Waals surface area contributed by atoms with Crippen LogP contribution in [0.1, 0.15) is 196 Å². The normalized spacial score (nSPS) is 10.7. The van der Waals surface area contributed by atoms with Crippen molar-refractivity contribution in [2.75, 3.05) is 26.4 Å². The van der Waals surface area contributed by atoms with E-state index < -0.39 is 0 Å². The second-order valence-corrected chi connectivity index (χ2v) is 19.5. The van der Waals surface area contributed by atoms with Gasteiger partial charge >= 0.3 is 0 Å². The zero-order chi connectivity index (χ0) is 54.7. The maximum Gasteiger partial charge on any atom is 0.194 e. The lowest BCUT2D eigenvalue weighted by Crippen LogP contribution is -2.03. The van der Waals surface area contributed by atoms with E-state index in [-0.39, 0.29) is 5.78 Å². The predicted octanol–water partition coefficient (Wildman–Crippen LogP) is 16.8. The van der Waals surface area contributed by atoms with Gasteiger partial charge in [0.05, 0.1) is 66.9 Å². The minimum atomic E-state index is -0.0327. The lowest BCUT2D eigenvalue weighted by Gasteiger charge is -2.14. The summed E-state index contributed by atoms with van der Waals surface area (Å²) in [6.45, 7) is 18.3. The number of carbonyl (C=O) groups excluding carboxylic acids is 1. The van der Waals surface area contributed by atoms with Gasteiger partial charge in [-0.05, 0) is 97.5 Å². The number of hydrogen-bond acceptors (Lipinski definition) is 6. The van der Waals surface area contributed by atoms with Crippen molar-refractivity contribution < 1.29 is 23.7 Å². The van der Waals surface area contributed by atoms with E-state index in [1.54, 1.807) is 24.3 Å². The van der Waals surface area contributed by atoms with Gasteiger partial charge in [-0.1, -0.05) is 176 Å². The molecule has 7 nitrogen and oxygen atoms in total. The van der Waals surface area contributed by atoms with Gasteiger partial charge in [-0.25, -0.2) is 4.85 Å². The Kier molecular flexibility index (Phi) is 22.6. The quantitative estimate of drug-likeness (QED) is 0.0341. The number of ketones is 1. The second-order valence-electron chi connectivity index (χ2n) is 19.5. The van der Waals surface area contributed by atoms with E-state index >= 15 is 0 Å². The summed E-state index contributed by atoms with van der Waals surface area (Å²) in [4.78, 5) is 17.4. The SMILES string of the molecule is [C-]#[N+]c1ccc(C#Cc2cc(OCCCCCC)c(C#Cc3ccc4c(c3)-c3cc(C#Cc5cc(OCCCCCC)c(C#Cc6ccc(C#N)cc6)cc5OCCCCCC)ccc3C4=O)cc2OCCCCCC)cc1. The molecule has 0 aromatic heterocycles. The first-order valence-electron chi connectivity index (χ1n) is 28.1. The monoisotopic (exact) mass is 1030 g/mol. The number of benzene rings is 6. The minimum Gasteiger partial charge on any atom is -0.492 e. The topological polar surface area (TPSA) is 82.1 Å². The fraction of sp³-hybridized carbons (Fsp3) is 0.338. The van der Waals surface area contributed by atoms with Gasteiger partial charge in [-0.2, -0.15) is 5.26 Å². The molecule has 0 unspecified atom stereocenters. The number of unbranched alkanes of at least 4 members (excludes halogenated alkanes) is 12. The molecule has 7 heteroatoms. The molecule has 0 bridgehead atoms. The second kappa shape index (κ2) is 30.8. The molecule has 0 radical (unpaired) electrons. The van der Waals surface area contributed by atoms with Crippen LogP contribution >= 0.6 is 0 Å². The summed E-state index contributed by atoms with van der Waals surface area (Å²) in [5.41, 5.74) is 9.90. The molecule has 0 fully saturated rings. The van der Waals surface area contributed by atoms with Crippen molar-refractivity contribution in [1.82, 2.24) is 0 Å². The molecular weight excluding hydrogens is 961 g/mol. The molecule has 394 valence electrons. The van der Waals surface area contributed by atoms with Crippen molar-refractivity contribution in [1.29, 1.82) is 5.26 Å². The molecule has 0 saturated carbocycles. The summed E-state index contributed by atoms with van der Waals surface area (Å²) < 4.78 is 25.9. The predicted molar refractivity (Wildman–Crippen MR) is 315 cm³/mol. The maximum atomic E-state index is 13.9. The van der Waals surface area contributed by atoms with Crippen LogP contribution < -0.4 is 18.9 Å². The molecule has 0 amide bonds. The summed E-state index contributed by atoms with van der Waals surface area (Å²) in [6.07, 6.45) is 17.1. The van der Waals surface area contributed by atoms with Gasteiger partial charge in [0.15, 0.2) is 11.5 Å². The first-order valence-corrected chi connectivity index (χ1v) is 28.1. The number of ether oxygens (including phenoxy) is 4. The average molecular weight is 1030 g/mol. The Morgan fingerprint density at radius 3 is 1.00 bits per heavy atom. The van der Waals surface area contributed by atoms with Crippen LogP contribution in [0.2, 0.25) is 0 Å². The molecule has 78 heavy (non-hydrogen) atoms. The van der Waals surface area contributed by atoms with Crippen LogP contribution in [0.3, 0.4) is 0 Å². The number of rotatable bonds is 24. The molecule has 1 aliphatic rings. The number of carbonyl (C=O) groups is 1. The molecule has 0 N–H and O–H groups in total. The zero-order valence-electron chi connectivity index (χ0n) is 46.0. The molecule has 6 aromatic rings. The van der Waals surface area contributed by atoms with Crippen LogP contribution in [0.5, 0.6) is 23.0 Å². The Morgan fingerprint density at radius 2 is 0.679 bits per heavy atom. The minimum absolute atomic E-state index is 0.0327. The molecule has 0 aliphatic heterocycles. The van der Waals surface area contributed by atoms with Gasteiger partial charge in [0, 0.05) is 57.6 Å². The molecule has 0 heterocycles. The van der Waals surface area contributed by atoms with Crippen molar-refractivity contribution in [2.24, 2.45) is 0 Å². The molecule has 1 aliphatic carbocycles. The maximum absolute atomic E-state index is 13.9. The van der Waals surface area contributed by atoms with Crippen molar-refractivity contribution in [3.63, 3.8) is 0 Å². The van der Waals surface area contributed by atoms with E-state index in [1.165, 1.54) is 0 Å². The largest absolute Gasteiger partial charge is 0.492 e. The van der Waals surface area contributed by atoms with Crippen molar-refractivity contribution in [3.8, 4) is 87.6 Å². The highest BCUT2D eigenvalue weighted by Crippen LogP contribution is 2.38. The highest BCUT2D eigenvalue weighted by molar-refractivity contribution is 6.22. The lowest BCUT2D eigenvalue weighted by molar-refractivity contribution is 0.104. The zero-order valence-corrected chi connectivity index (χ0v) is 46.0. The third kappa shape index (κ3) is 16.7. The number of nitriles is 1. The number of fused-ring (bicyclic) bond motifs is 3. The fourth-order valence-corrected chi connectivity index (χ4v) is 8.87. The van der Waals surface area contributed by atoms with Crippen LogP contribution in [0, 0.1) is 65.3 Å². The van der Waals surface area contributed by atoms with Crippen molar-refractivity contribution in [3.05, 3.63) is 182 Å². The summed E-state index contributed by atoms with van der Waals surface area (Å²) in [5, 5.41) is 9.32. The van der Waals surface area contributed by atoms with Gasteiger partial charge in [0.2, 0.25) is 0 Å². The first kappa shape index (κ1) is 57.1. The standard InChI is InChI=1S/C71H70N2O5/c1-6-10-14-18-42-75-67-50-60(69(77-44-20-16-12-8-3)48-58(67)34-26-53-22-24-57(52-72)25-23-53)36-28-55-32-40-63-65(46-55)66-47-56(33-41-64(66)71(63)74)29-37-61-51-68(76-43-19-15-11-7-2)59(49-70(61)78-45-21-17-13-9-4)35-27-54-30-38-62(73-5)39-31-54/h22-25,30-33,38-41,46-51H,6-21,42-45H2,1-4H3.